The Balaban J connectivity index is 1.68. The normalized spacial score (nSPS) is 14.4. The summed E-state index contributed by atoms with van der Waals surface area (Å²) in [4.78, 5) is 12.7. The molecule has 0 fully saturated rings. The highest BCUT2D eigenvalue weighted by molar-refractivity contribution is 5.87. The molecule has 0 radical (unpaired) electrons. The first kappa shape index (κ1) is 18.9. The van der Waals surface area contributed by atoms with Crippen LogP contribution in [0.4, 0.5) is 0 Å². The zero-order chi connectivity index (χ0) is 19.4. The second kappa shape index (κ2) is 8.23. The first-order valence-corrected chi connectivity index (χ1v) is 9.10. The zero-order valence-corrected chi connectivity index (χ0v) is 15.8. The van der Waals surface area contributed by atoms with Crippen molar-refractivity contribution in [2.45, 2.75) is 31.9 Å². The summed E-state index contributed by atoms with van der Waals surface area (Å²) in [6.07, 6.45) is -0.788. The van der Waals surface area contributed by atoms with Gasteiger partial charge in [0.1, 0.15) is 5.75 Å². The van der Waals surface area contributed by atoms with Crippen LogP contribution in [0.1, 0.15) is 37.0 Å². The van der Waals surface area contributed by atoms with E-state index in [0.717, 1.165) is 27.6 Å². The number of amides is 1. The van der Waals surface area contributed by atoms with Gasteiger partial charge in [-0.05, 0) is 47.9 Å². The summed E-state index contributed by atoms with van der Waals surface area (Å²) in [5.41, 5.74) is 1.69. The van der Waals surface area contributed by atoms with E-state index < -0.39 is 12.1 Å². The third kappa shape index (κ3) is 4.29. The van der Waals surface area contributed by atoms with Gasteiger partial charge in [0.05, 0.1) is 25.2 Å². The molecule has 0 aromatic heterocycles. The van der Waals surface area contributed by atoms with E-state index in [1.54, 1.807) is 38.3 Å². The lowest BCUT2D eigenvalue weighted by Crippen LogP contribution is -2.39. The van der Waals surface area contributed by atoms with Gasteiger partial charge in [0.15, 0.2) is 0 Å². The van der Waals surface area contributed by atoms with Gasteiger partial charge in [-0.1, -0.05) is 54.6 Å². The number of rotatable bonds is 6. The highest BCUT2D eigenvalue weighted by atomic mass is 16.5. The topological polar surface area (TPSA) is 58.6 Å². The Kier molecular flexibility index (Phi) is 5.77. The third-order valence-corrected chi connectivity index (χ3v) is 4.97. The molecule has 1 amide bonds. The molecule has 0 saturated heterocycles. The quantitative estimate of drug-likeness (QED) is 0.690. The summed E-state index contributed by atoms with van der Waals surface area (Å²) >= 11 is 0. The molecule has 4 heteroatoms. The van der Waals surface area contributed by atoms with Crippen molar-refractivity contribution in [1.29, 1.82) is 0 Å². The monoisotopic (exact) mass is 363 g/mol. The lowest BCUT2D eigenvalue weighted by Gasteiger charge is -2.23. The van der Waals surface area contributed by atoms with E-state index in [1.807, 2.05) is 43.3 Å². The summed E-state index contributed by atoms with van der Waals surface area (Å²) in [5.74, 6) is 0.318. The first-order chi connectivity index (χ1) is 13.0. The van der Waals surface area contributed by atoms with Gasteiger partial charge in [-0.3, -0.25) is 4.79 Å². The van der Waals surface area contributed by atoms with E-state index in [4.69, 9.17) is 4.74 Å². The molecular formula is C23H25NO3. The van der Waals surface area contributed by atoms with Gasteiger partial charge in [-0.25, -0.2) is 0 Å². The van der Waals surface area contributed by atoms with Crippen molar-refractivity contribution in [3.05, 3.63) is 77.9 Å². The third-order valence-electron chi connectivity index (χ3n) is 4.97. The van der Waals surface area contributed by atoms with Crippen molar-refractivity contribution in [3.8, 4) is 5.75 Å². The van der Waals surface area contributed by atoms with Gasteiger partial charge in [0.25, 0.3) is 0 Å². The van der Waals surface area contributed by atoms with Crippen LogP contribution in [-0.4, -0.2) is 24.2 Å². The van der Waals surface area contributed by atoms with Crippen LogP contribution in [0, 0.1) is 0 Å². The first-order valence-electron chi connectivity index (χ1n) is 9.10. The molecule has 0 bridgehead atoms. The van der Waals surface area contributed by atoms with Crippen LogP contribution >= 0.6 is 0 Å². The summed E-state index contributed by atoms with van der Waals surface area (Å²) in [7, 11) is 1.60. The average Bonchev–Trinajstić information content (AvgIpc) is 2.72. The van der Waals surface area contributed by atoms with Crippen LogP contribution in [0.3, 0.4) is 0 Å². The van der Waals surface area contributed by atoms with Gasteiger partial charge in [-0.15, -0.1) is 0 Å². The zero-order valence-electron chi connectivity index (χ0n) is 15.8. The Morgan fingerprint density at radius 3 is 2.22 bits per heavy atom. The fourth-order valence-corrected chi connectivity index (χ4v) is 3.15. The van der Waals surface area contributed by atoms with E-state index >= 15 is 0 Å². The molecule has 3 aromatic carbocycles. The number of methoxy groups -OCH3 is 1. The van der Waals surface area contributed by atoms with E-state index in [9.17, 15) is 9.90 Å². The van der Waals surface area contributed by atoms with E-state index in [-0.39, 0.29) is 11.8 Å². The number of ether oxygens (including phenoxy) is 1. The van der Waals surface area contributed by atoms with Crippen molar-refractivity contribution in [2.24, 2.45) is 0 Å². The Hall–Kier alpha value is -2.85. The number of aliphatic hydroxyl groups is 1. The molecule has 3 aromatic rings. The average molecular weight is 363 g/mol. The van der Waals surface area contributed by atoms with Gasteiger partial charge < -0.3 is 15.2 Å². The van der Waals surface area contributed by atoms with Crippen LogP contribution in [-0.2, 0) is 4.79 Å². The predicted molar refractivity (Wildman–Crippen MR) is 108 cm³/mol. The fraction of sp³-hybridized carbons (Fsp3) is 0.261. The lowest BCUT2D eigenvalue weighted by atomic mass is 9.96. The molecule has 0 aliphatic carbocycles. The summed E-state index contributed by atoms with van der Waals surface area (Å²) < 4.78 is 5.13. The molecule has 140 valence electrons. The Bertz CT molecular complexity index is 920. The maximum absolute atomic E-state index is 12.7. The molecule has 0 spiro atoms. The summed E-state index contributed by atoms with van der Waals surface area (Å²) in [6.45, 7) is 3.69. The maximum Gasteiger partial charge on any atom is 0.227 e. The molecule has 0 aliphatic rings. The van der Waals surface area contributed by atoms with E-state index in [2.05, 4.69) is 11.4 Å². The molecule has 3 atom stereocenters. The standard InChI is InChI=1S/C23H25NO3/c1-15(19-9-8-17-6-4-5-7-20(17)14-19)23(26)24-16(2)22(25)18-10-12-21(27-3)13-11-18/h4-16,22,25H,1-3H3,(H,24,26)/t15-,16+,22+/m0/s1. The number of carbonyl (C=O) groups is 1. The molecule has 0 unspecified atom stereocenters. The van der Waals surface area contributed by atoms with E-state index in [1.165, 1.54) is 0 Å². The maximum atomic E-state index is 12.7. The molecule has 3 rings (SSSR count). The Morgan fingerprint density at radius 1 is 0.926 bits per heavy atom. The molecule has 0 aliphatic heterocycles. The highest BCUT2D eigenvalue weighted by Crippen LogP contribution is 2.24. The van der Waals surface area contributed by atoms with Crippen molar-refractivity contribution in [1.82, 2.24) is 5.32 Å². The van der Waals surface area contributed by atoms with Crippen molar-refractivity contribution in [3.63, 3.8) is 0 Å². The van der Waals surface area contributed by atoms with Crippen LogP contribution in [0.25, 0.3) is 10.8 Å². The largest absolute Gasteiger partial charge is 0.497 e. The molecule has 27 heavy (non-hydrogen) atoms. The van der Waals surface area contributed by atoms with Gasteiger partial charge >= 0.3 is 0 Å². The summed E-state index contributed by atoms with van der Waals surface area (Å²) in [6, 6.07) is 20.9. The number of hydrogen-bond acceptors (Lipinski definition) is 3. The van der Waals surface area contributed by atoms with Gasteiger partial charge in [-0.2, -0.15) is 0 Å². The van der Waals surface area contributed by atoms with Gasteiger partial charge in [0, 0.05) is 0 Å². The number of hydrogen-bond donors (Lipinski definition) is 2. The van der Waals surface area contributed by atoms with Crippen LogP contribution in [0.5, 0.6) is 5.75 Å². The van der Waals surface area contributed by atoms with Crippen LogP contribution in [0.2, 0.25) is 0 Å². The Labute approximate surface area is 159 Å². The number of benzene rings is 3. The molecule has 0 saturated carbocycles. The number of aliphatic hydroxyl groups excluding tert-OH is 1. The predicted octanol–water partition coefficient (Wildman–Crippen LogP) is 4.19. The smallest absolute Gasteiger partial charge is 0.227 e. The molecule has 0 heterocycles. The van der Waals surface area contributed by atoms with Crippen LogP contribution in [0.15, 0.2) is 66.7 Å². The second-order valence-electron chi connectivity index (χ2n) is 6.84. The van der Waals surface area contributed by atoms with Crippen molar-refractivity contribution in [2.75, 3.05) is 7.11 Å². The minimum Gasteiger partial charge on any atom is -0.497 e. The summed E-state index contributed by atoms with van der Waals surface area (Å²) in [5, 5.41) is 15.7. The minimum atomic E-state index is -0.788. The SMILES string of the molecule is COc1ccc([C@H](O)[C@@H](C)NC(=O)[C@@H](C)c2ccc3ccccc3c2)cc1. The van der Waals surface area contributed by atoms with Crippen LogP contribution < -0.4 is 10.1 Å². The second-order valence-corrected chi connectivity index (χ2v) is 6.84. The fourth-order valence-electron chi connectivity index (χ4n) is 3.15. The van der Waals surface area contributed by atoms with Gasteiger partial charge in [0.2, 0.25) is 5.91 Å². The molecule has 2 N–H and O–H groups in total. The molecule has 4 nitrogen and oxygen atoms in total. The lowest BCUT2D eigenvalue weighted by molar-refractivity contribution is -0.123. The minimum absolute atomic E-state index is 0.106. The Morgan fingerprint density at radius 2 is 1.56 bits per heavy atom. The number of nitrogens with one attached hydrogen (secondary N) is 1. The van der Waals surface area contributed by atoms with Crippen molar-refractivity contribution < 1.29 is 14.6 Å². The number of fused-ring (bicyclic) bond motifs is 1. The highest BCUT2D eigenvalue weighted by Gasteiger charge is 2.22. The molecular weight excluding hydrogens is 338 g/mol. The van der Waals surface area contributed by atoms with Crippen molar-refractivity contribution >= 4 is 16.7 Å². The van der Waals surface area contributed by atoms with E-state index in [0.29, 0.717) is 0 Å². The number of carbonyl (C=O) groups excluding carboxylic acids is 1.